The van der Waals surface area contributed by atoms with Crippen LogP contribution >= 0.6 is 15.9 Å². The van der Waals surface area contributed by atoms with Gasteiger partial charge in [0.25, 0.3) is 5.69 Å². The zero-order valence-electron chi connectivity index (χ0n) is 21.8. The highest BCUT2D eigenvalue weighted by Gasteiger charge is 2.57. The van der Waals surface area contributed by atoms with Crippen molar-refractivity contribution in [1.82, 2.24) is 0 Å². The predicted molar refractivity (Wildman–Crippen MR) is 156 cm³/mol. The largest absolute Gasteiger partial charge is 0.507 e. The Morgan fingerprint density at radius 2 is 1.67 bits per heavy atom. The molecule has 2 amide bonds. The summed E-state index contributed by atoms with van der Waals surface area (Å²) in [5, 5.41) is 24.0. The van der Waals surface area contributed by atoms with Crippen LogP contribution in [0.1, 0.15) is 24.3 Å². The first-order valence-corrected chi connectivity index (χ1v) is 14.2. The lowest BCUT2D eigenvalue weighted by molar-refractivity contribution is -0.384. The maximum atomic E-state index is 14.0. The van der Waals surface area contributed by atoms with Gasteiger partial charge < -0.3 is 5.11 Å². The zero-order chi connectivity index (χ0) is 29.4. The summed E-state index contributed by atoms with van der Waals surface area (Å²) in [7, 11) is 0. The first kappa shape index (κ1) is 26.2. The number of hydrogen-bond donors (Lipinski definition) is 1. The van der Waals surface area contributed by atoms with E-state index in [0.717, 1.165) is 15.9 Å². The molecule has 4 aliphatic rings. The monoisotopic (exact) mass is 624 g/mol. The Labute approximate surface area is 247 Å². The molecule has 10 heteroatoms. The van der Waals surface area contributed by atoms with Crippen LogP contribution in [0.4, 0.5) is 11.4 Å². The number of nitro groups is 1. The number of carbonyl (C=O) groups is 4. The van der Waals surface area contributed by atoms with E-state index in [1.165, 1.54) is 30.3 Å². The summed E-state index contributed by atoms with van der Waals surface area (Å²) in [6.45, 7) is 0. The van der Waals surface area contributed by atoms with Crippen LogP contribution < -0.4 is 4.90 Å². The second-order valence-electron chi connectivity index (χ2n) is 10.9. The quantitative estimate of drug-likeness (QED) is 0.135. The zero-order valence-corrected chi connectivity index (χ0v) is 23.4. The normalized spacial score (nSPS) is 25.2. The molecule has 0 saturated carbocycles. The van der Waals surface area contributed by atoms with Crippen molar-refractivity contribution in [2.24, 2.45) is 17.8 Å². The number of rotatable bonds is 3. The number of nitrogens with zero attached hydrogens (tertiary/aromatic N) is 2. The maximum Gasteiger partial charge on any atom is 0.269 e. The van der Waals surface area contributed by atoms with E-state index >= 15 is 0 Å². The number of aromatic hydroxyl groups is 1. The van der Waals surface area contributed by atoms with Crippen LogP contribution in [0.2, 0.25) is 0 Å². The van der Waals surface area contributed by atoms with Crippen LogP contribution in [-0.2, 0) is 19.2 Å². The number of amides is 2. The number of ketones is 2. The second kappa shape index (κ2) is 9.42. The van der Waals surface area contributed by atoms with Crippen molar-refractivity contribution in [3.63, 3.8) is 0 Å². The lowest BCUT2D eigenvalue weighted by Crippen LogP contribution is -2.39. The van der Waals surface area contributed by atoms with E-state index in [0.29, 0.717) is 10.9 Å². The fraction of sp³-hybridized carbons (Fsp3) is 0.188. The Hall–Kier alpha value is -4.70. The van der Waals surface area contributed by atoms with Crippen molar-refractivity contribution in [3.8, 4) is 5.75 Å². The molecule has 0 unspecified atom stereocenters. The molecule has 1 aliphatic heterocycles. The van der Waals surface area contributed by atoms with Crippen LogP contribution in [0, 0.1) is 27.9 Å². The third kappa shape index (κ3) is 3.68. The number of hydrogen-bond acceptors (Lipinski definition) is 7. The highest BCUT2D eigenvalue weighted by atomic mass is 79.9. The molecular formula is C32H21BrN2O7. The van der Waals surface area contributed by atoms with E-state index in [2.05, 4.69) is 15.9 Å². The summed E-state index contributed by atoms with van der Waals surface area (Å²) in [5.41, 5.74) is 1.79. The molecule has 3 aromatic rings. The Kier molecular flexibility index (Phi) is 5.88. The van der Waals surface area contributed by atoms with Gasteiger partial charge in [0, 0.05) is 46.2 Å². The fourth-order valence-electron chi connectivity index (χ4n) is 7.04. The third-order valence-electron chi connectivity index (χ3n) is 8.89. The van der Waals surface area contributed by atoms with Crippen molar-refractivity contribution < 1.29 is 29.2 Å². The molecule has 0 bridgehead atoms. The van der Waals surface area contributed by atoms with Crippen LogP contribution in [0.5, 0.6) is 5.75 Å². The van der Waals surface area contributed by atoms with Gasteiger partial charge >= 0.3 is 0 Å². The van der Waals surface area contributed by atoms with Crippen LogP contribution in [0.15, 0.2) is 94.0 Å². The first-order chi connectivity index (χ1) is 20.2. The van der Waals surface area contributed by atoms with Crippen molar-refractivity contribution >= 4 is 61.5 Å². The minimum absolute atomic E-state index is 0.0103. The molecule has 4 atom stereocenters. The molecule has 3 aliphatic carbocycles. The smallest absolute Gasteiger partial charge is 0.269 e. The SMILES string of the molecule is O=C1C=C(Br)C(=O)C2=C1[C@@H](c1ccc3ccccc3c1O)C1=CC[C@@H]3C(=O)N(c4ccc([N+](=O)[O-])cc4)C(=O)[C@@H]3[C@@H]1C2. The average molecular weight is 625 g/mol. The van der Waals surface area contributed by atoms with Gasteiger partial charge in [0.15, 0.2) is 11.6 Å². The third-order valence-corrected chi connectivity index (χ3v) is 9.48. The highest BCUT2D eigenvalue weighted by Crippen LogP contribution is 2.57. The Bertz CT molecular complexity index is 1890. The van der Waals surface area contributed by atoms with Crippen molar-refractivity contribution in [3.05, 3.63) is 110 Å². The number of fused-ring (bicyclic) bond motifs is 4. The van der Waals surface area contributed by atoms with Gasteiger partial charge in [0.05, 0.1) is 26.9 Å². The average Bonchev–Trinajstić information content (AvgIpc) is 3.25. The van der Waals surface area contributed by atoms with Gasteiger partial charge in [-0.3, -0.25) is 34.2 Å². The Morgan fingerprint density at radius 3 is 2.40 bits per heavy atom. The van der Waals surface area contributed by atoms with Gasteiger partial charge in [-0.1, -0.05) is 48.0 Å². The molecule has 1 saturated heterocycles. The number of phenolic OH excluding ortho intramolecular Hbond substituents is 1. The number of non-ortho nitro benzene ring substituents is 1. The van der Waals surface area contributed by atoms with Gasteiger partial charge in [0.1, 0.15) is 5.75 Å². The minimum atomic E-state index is -0.806. The van der Waals surface area contributed by atoms with Crippen LogP contribution in [0.25, 0.3) is 10.8 Å². The summed E-state index contributed by atoms with van der Waals surface area (Å²) >= 11 is 3.22. The van der Waals surface area contributed by atoms with E-state index in [1.807, 2.05) is 24.3 Å². The summed E-state index contributed by atoms with van der Waals surface area (Å²) in [5.74, 6) is -4.44. The molecule has 208 valence electrons. The molecule has 3 aromatic carbocycles. The summed E-state index contributed by atoms with van der Waals surface area (Å²) in [4.78, 5) is 66.1. The number of anilines is 1. The minimum Gasteiger partial charge on any atom is -0.507 e. The van der Waals surface area contributed by atoms with Crippen LogP contribution in [-0.4, -0.2) is 33.4 Å². The fourth-order valence-corrected chi connectivity index (χ4v) is 7.49. The van der Waals surface area contributed by atoms with Gasteiger partial charge in [0.2, 0.25) is 11.8 Å². The molecule has 7 rings (SSSR count). The molecule has 1 fully saturated rings. The molecule has 0 aromatic heterocycles. The lowest BCUT2D eigenvalue weighted by Gasteiger charge is -2.42. The molecule has 1 heterocycles. The van der Waals surface area contributed by atoms with Crippen molar-refractivity contribution in [1.29, 1.82) is 0 Å². The number of nitro benzene ring substituents is 1. The molecular weight excluding hydrogens is 604 g/mol. The molecule has 9 nitrogen and oxygen atoms in total. The number of halogens is 1. The highest BCUT2D eigenvalue weighted by molar-refractivity contribution is 9.12. The molecule has 1 N–H and O–H groups in total. The summed E-state index contributed by atoms with van der Waals surface area (Å²) in [6.07, 6.45) is 3.46. The lowest BCUT2D eigenvalue weighted by atomic mass is 9.59. The number of imide groups is 1. The van der Waals surface area contributed by atoms with Crippen molar-refractivity contribution in [2.45, 2.75) is 18.8 Å². The molecule has 42 heavy (non-hydrogen) atoms. The van der Waals surface area contributed by atoms with Gasteiger partial charge in [-0.05, 0) is 52.2 Å². The Morgan fingerprint density at radius 1 is 0.929 bits per heavy atom. The van der Waals surface area contributed by atoms with Crippen molar-refractivity contribution in [2.75, 3.05) is 4.90 Å². The Balaban J connectivity index is 1.37. The standard InChI is InChI=1S/C32H21BrN2O7/c33-24-14-25(36)28-23(30(24)38)13-22-19(26(28)20-10-5-15-3-1-2-4-18(15)29(20)37)11-12-21-27(22)32(40)34(31(21)39)16-6-8-17(9-7-16)35(41)42/h1-11,14,21-22,26-27,37H,12-13H2/t21-,22+,26+,27-/m0/s1. The van der Waals surface area contributed by atoms with E-state index < -0.39 is 40.4 Å². The van der Waals surface area contributed by atoms with Gasteiger partial charge in [-0.15, -0.1) is 0 Å². The second-order valence-corrected chi connectivity index (χ2v) is 11.8. The molecule has 0 spiro atoms. The first-order valence-electron chi connectivity index (χ1n) is 13.4. The molecule has 0 radical (unpaired) electrons. The predicted octanol–water partition coefficient (Wildman–Crippen LogP) is 5.42. The van der Waals surface area contributed by atoms with E-state index in [9.17, 15) is 34.4 Å². The van der Waals surface area contributed by atoms with Crippen LogP contribution in [0.3, 0.4) is 0 Å². The van der Waals surface area contributed by atoms with Gasteiger partial charge in [-0.25, -0.2) is 0 Å². The van der Waals surface area contributed by atoms with E-state index in [4.69, 9.17) is 0 Å². The summed E-state index contributed by atoms with van der Waals surface area (Å²) in [6, 6.07) is 16.1. The number of Topliss-reactive ketones (excluding diaryl/α,β-unsaturated/α-hetero) is 1. The number of benzene rings is 3. The van der Waals surface area contributed by atoms with Gasteiger partial charge in [-0.2, -0.15) is 0 Å². The number of allylic oxidation sites excluding steroid dienone is 6. The summed E-state index contributed by atoms with van der Waals surface area (Å²) < 4.78 is 0.119. The van der Waals surface area contributed by atoms with E-state index in [-0.39, 0.29) is 57.2 Å². The van der Waals surface area contributed by atoms with E-state index in [1.54, 1.807) is 18.2 Å². The topological polar surface area (TPSA) is 135 Å². The number of phenols is 1. The number of carbonyl (C=O) groups excluding carboxylic acids is 4. The maximum absolute atomic E-state index is 14.0.